The highest BCUT2D eigenvalue weighted by Gasteiger charge is 2.10. The van der Waals surface area contributed by atoms with Crippen LogP contribution in [0.1, 0.15) is 20.8 Å². The molecular formula is C19H21N3O2. The second-order valence-electron chi connectivity index (χ2n) is 5.60. The van der Waals surface area contributed by atoms with Crippen LogP contribution in [-0.2, 0) is 4.79 Å². The number of hydrogen-bond acceptors (Lipinski definition) is 4. The predicted molar refractivity (Wildman–Crippen MR) is 97.3 cm³/mol. The summed E-state index contributed by atoms with van der Waals surface area (Å²) in [4.78, 5) is 18.0. The first kappa shape index (κ1) is 16.1. The molecule has 124 valence electrons. The van der Waals surface area contributed by atoms with Crippen LogP contribution >= 0.6 is 0 Å². The molecule has 1 aromatic heterocycles. The van der Waals surface area contributed by atoms with Crippen molar-refractivity contribution in [3.63, 3.8) is 0 Å². The second kappa shape index (κ2) is 6.74. The Morgan fingerprint density at radius 2 is 1.83 bits per heavy atom. The molecule has 5 nitrogen and oxygen atoms in total. The van der Waals surface area contributed by atoms with Gasteiger partial charge in [0.25, 0.3) is 0 Å². The van der Waals surface area contributed by atoms with Crippen LogP contribution in [0, 0.1) is 0 Å². The molecule has 2 aromatic carbocycles. The number of nitrogens with one attached hydrogen (secondary N) is 1. The fourth-order valence-corrected chi connectivity index (χ4v) is 2.74. The molecule has 3 rings (SSSR count). The Morgan fingerprint density at radius 3 is 2.46 bits per heavy atom. The van der Waals surface area contributed by atoms with Gasteiger partial charge in [0.05, 0.1) is 0 Å². The van der Waals surface area contributed by atoms with Gasteiger partial charge in [-0.2, -0.15) is 0 Å². The summed E-state index contributed by atoms with van der Waals surface area (Å²) in [7, 11) is 0. The van der Waals surface area contributed by atoms with E-state index in [0.717, 1.165) is 24.2 Å². The maximum absolute atomic E-state index is 11.2. The van der Waals surface area contributed by atoms with Crippen LogP contribution in [0.25, 0.3) is 22.6 Å². The Kier molecular flexibility index (Phi) is 4.51. The molecule has 0 aliphatic heterocycles. The minimum absolute atomic E-state index is 0.106. The molecule has 3 aromatic rings. The summed E-state index contributed by atoms with van der Waals surface area (Å²) < 4.78 is 5.83. The van der Waals surface area contributed by atoms with Crippen LogP contribution in [0.15, 0.2) is 46.9 Å². The van der Waals surface area contributed by atoms with Gasteiger partial charge in [-0.3, -0.25) is 4.79 Å². The van der Waals surface area contributed by atoms with Crippen molar-refractivity contribution in [2.45, 2.75) is 20.8 Å². The second-order valence-corrected chi connectivity index (χ2v) is 5.60. The number of hydrogen-bond donors (Lipinski definition) is 1. The smallest absolute Gasteiger partial charge is 0.227 e. The van der Waals surface area contributed by atoms with E-state index in [1.54, 1.807) is 0 Å². The van der Waals surface area contributed by atoms with Gasteiger partial charge in [-0.15, -0.1) is 0 Å². The van der Waals surface area contributed by atoms with Gasteiger partial charge in [0.15, 0.2) is 5.58 Å². The van der Waals surface area contributed by atoms with Crippen LogP contribution in [0.3, 0.4) is 0 Å². The lowest BCUT2D eigenvalue weighted by Gasteiger charge is -2.20. The van der Waals surface area contributed by atoms with Crippen LogP contribution in [0.4, 0.5) is 11.4 Å². The summed E-state index contributed by atoms with van der Waals surface area (Å²) in [5.41, 5.74) is 4.26. The highest BCUT2D eigenvalue weighted by molar-refractivity contribution is 5.91. The summed E-state index contributed by atoms with van der Waals surface area (Å²) in [6.07, 6.45) is 0. The van der Waals surface area contributed by atoms with Crippen molar-refractivity contribution in [2.24, 2.45) is 0 Å². The van der Waals surface area contributed by atoms with E-state index in [9.17, 15) is 4.79 Å². The molecule has 0 unspecified atom stereocenters. The average molecular weight is 323 g/mol. The number of benzene rings is 2. The average Bonchev–Trinajstić information content (AvgIpc) is 2.99. The zero-order valence-electron chi connectivity index (χ0n) is 14.2. The molecule has 0 fully saturated rings. The first-order valence-electron chi connectivity index (χ1n) is 8.14. The molecule has 0 aliphatic rings. The highest BCUT2D eigenvalue weighted by Crippen LogP contribution is 2.27. The Bertz CT molecular complexity index is 849. The summed E-state index contributed by atoms with van der Waals surface area (Å²) in [6.45, 7) is 7.72. The molecule has 0 radical (unpaired) electrons. The Hall–Kier alpha value is -2.82. The normalized spacial score (nSPS) is 10.8. The number of anilines is 2. The molecule has 5 heteroatoms. The standard InChI is InChI=1S/C19H21N3O2/c1-4-22(5-2)16-9-6-14(7-10-16)19-21-17-12-15(20-13(3)23)8-11-18(17)24-19/h6-12H,4-5H2,1-3H3,(H,20,23). The summed E-state index contributed by atoms with van der Waals surface area (Å²) >= 11 is 0. The van der Waals surface area contributed by atoms with Gasteiger partial charge < -0.3 is 14.6 Å². The van der Waals surface area contributed by atoms with Gasteiger partial charge in [0.1, 0.15) is 5.52 Å². The molecule has 0 saturated carbocycles. The third kappa shape index (κ3) is 3.25. The first-order chi connectivity index (χ1) is 11.6. The van der Waals surface area contributed by atoms with Crippen LogP contribution < -0.4 is 10.2 Å². The van der Waals surface area contributed by atoms with Crippen molar-refractivity contribution in [3.8, 4) is 11.5 Å². The number of aromatic nitrogens is 1. The van der Waals surface area contributed by atoms with Gasteiger partial charge in [0.2, 0.25) is 11.8 Å². The lowest BCUT2D eigenvalue weighted by molar-refractivity contribution is -0.114. The van der Waals surface area contributed by atoms with E-state index in [1.807, 2.05) is 30.3 Å². The van der Waals surface area contributed by atoms with E-state index >= 15 is 0 Å². The largest absolute Gasteiger partial charge is 0.436 e. The SMILES string of the molecule is CCN(CC)c1ccc(-c2nc3cc(NC(C)=O)ccc3o2)cc1. The zero-order chi connectivity index (χ0) is 17.1. The summed E-state index contributed by atoms with van der Waals surface area (Å²) in [6, 6.07) is 13.7. The lowest BCUT2D eigenvalue weighted by Crippen LogP contribution is -2.21. The third-order valence-electron chi connectivity index (χ3n) is 3.95. The highest BCUT2D eigenvalue weighted by atomic mass is 16.3. The van der Waals surface area contributed by atoms with E-state index in [4.69, 9.17) is 4.42 Å². The topological polar surface area (TPSA) is 58.4 Å². The molecular weight excluding hydrogens is 302 g/mol. The fourth-order valence-electron chi connectivity index (χ4n) is 2.74. The summed E-state index contributed by atoms with van der Waals surface area (Å²) in [5, 5.41) is 2.75. The van der Waals surface area contributed by atoms with Crippen molar-refractivity contribution in [2.75, 3.05) is 23.3 Å². The lowest BCUT2D eigenvalue weighted by atomic mass is 10.2. The van der Waals surface area contributed by atoms with Crippen molar-refractivity contribution >= 4 is 28.4 Å². The van der Waals surface area contributed by atoms with Crippen LogP contribution in [-0.4, -0.2) is 24.0 Å². The number of carbonyl (C=O) groups excluding carboxylic acids is 1. The van der Waals surface area contributed by atoms with Crippen molar-refractivity contribution < 1.29 is 9.21 Å². The Balaban J connectivity index is 1.90. The first-order valence-corrected chi connectivity index (χ1v) is 8.14. The van der Waals surface area contributed by atoms with Gasteiger partial charge in [-0.05, 0) is 56.3 Å². The van der Waals surface area contributed by atoms with E-state index < -0.39 is 0 Å². The third-order valence-corrected chi connectivity index (χ3v) is 3.95. The maximum atomic E-state index is 11.2. The van der Waals surface area contributed by atoms with Gasteiger partial charge in [0, 0.05) is 37.0 Å². The number of rotatable bonds is 5. The number of oxazole rings is 1. The maximum Gasteiger partial charge on any atom is 0.227 e. The number of nitrogens with zero attached hydrogens (tertiary/aromatic N) is 2. The van der Waals surface area contributed by atoms with Crippen LogP contribution in [0.5, 0.6) is 0 Å². The van der Waals surface area contributed by atoms with Gasteiger partial charge >= 0.3 is 0 Å². The molecule has 0 atom stereocenters. The molecule has 0 bridgehead atoms. The minimum Gasteiger partial charge on any atom is -0.436 e. The van der Waals surface area contributed by atoms with Gasteiger partial charge in [-0.25, -0.2) is 4.98 Å². The molecule has 1 amide bonds. The van der Waals surface area contributed by atoms with E-state index in [2.05, 4.69) is 41.2 Å². The fraction of sp³-hybridized carbons (Fsp3) is 0.263. The molecule has 1 N–H and O–H groups in total. The zero-order valence-corrected chi connectivity index (χ0v) is 14.2. The van der Waals surface area contributed by atoms with E-state index in [-0.39, 0.29) is 5.91 Å². The van der Waals surface area contributed by atoms with E-state index in [1.165, 1.54) is 12.6 Å². The van der Waals surface area contributed by atoms with Gasteiger partial charge in [-0.1, -0.05) is 0 Å². The molecule has 1 heterocycles. The number of amides is 1. The molecule has 0 saturated heterocycles. The minimum atomic E-state index is -0.106. The number of fused-ring (bicyclic) bond motifs is 1. The van der Waals surface area contributed by atoms with Crippen LogP contribution in [0.2, 0.25) is 0 Å². The quantitative estimate of drug-likeness (QED) is 0.760. The Labute approximate surface area is 141 Å². The van der Waals surface area contributed by atoms with Crippen molar-refractivity contribution in [1.29, 1.82) is 0 Å². The molecule has 24 heavy (non-hydrogen) atoms. The van der Waals surface area contributed by atoms with Crippen molar-refractivity contribution in [1.82, 2.24) is 4.98 Å². The monoisotopic (exact) mass is 323 g/mol. The van der Waals surface area contributed by atoms with E-state index in [0.29, 0.717) is 17.2 Å². The number of carbonyl (C=O) groups is 1. The Morgan fingerprint density at radius 1 is 1.12 bits per heavy atom. The molecule has 0 spiro atoms. The molecule has 0 aliphatic carbocycles. The summed E-state index contributed by atoms with van der Waals surface area (Å²) in [5.74, 6) is 0.473. The predicted octanol–water partition coefficient (Wildman–Crippen LogP) is 4.30. The van der Waals surface area contributed by atoms with Crippen molar-refractivity contribution in [3.05, 3.63) is 42.5 Å².